The Kier molecular flexibility index (Phi) is 4.18. The highest BCUT2D eigenvalue weighted by Crippen LogP contribution is 2.27. The summed E-state index contributed by atoms with van der Waals surface area (Å²) in [7, 11) is 0. The van der Waals surface area contributed by atoms with Crippen LogP contribution in [0.15, 0.2) is 52.5 Å². The van der Waals surface area contributed by atoms with Crippen molar-refractivity contribution in [2.24, 2.45) is 0 Å². The third-order valence-corrected chi connectivity index (χ3v) is 4.32. The van der Waals surface area contributed by atoms with Gasteiger partial charge in [0, 0.05) is 29.3 Å². The smallest absolute Gasteiger partial charge is 0.109 e. The number of benzene rings is 1. The van der Waals surface area contributed by atoms with Crippen molar-refractivity contribution in [3.05, 3.63) is 64.4 Å². The summed E-state index contributed by atoms with van der Waals surface area (Å²) in [6.45, 7) is 2.02. The van der Waals surface area contributed by atoms with E-state index in [2.05, 4.69) is 4.98 Å². The number of rotatable bonds is 5. The summed E-state index contributed by atoms with van der Waals surface area (Å²) in [6.07, 6.45) is 2.37. The van der Waals surface area contributed by atoms with Gasteiger partial charge in [0.25, 0.3) is 0 Å². The molecular weight excluding hydrogens is 282 g/mol. The number of aryl methyl sites for hydroxylation is 1. The molecule has 3 nitrogen and oxygen atoms in total. The van der Waals surface area contributed by atoms with Gasteiger partial charge in [-0.2, -0.15) is 0 Å². The van der Waals surface area contributed by atoms with Crippen LogP contribution in [0, 0.1) is 0 Å². The molecule has 3 rings (SSSR count). The Labute approximate surface area is 127 Å². The van der Waals surface area contributed by atoms with E-state index >= 15 is 0 Å². The van der Waals surface area contributed by atoms with Crippen molar-refractivity contribution in [3.63, 3.8) is 0 Å². The van der Waals surface area contributed by atoms with Gasteiger partial charge in [-0.05, 0) is 6.07 Å². The number of aromatic nitrogens is 1. The van der Waals surface area contributed by atoms with Crippen LogP contribution in [0.3, 0.4) is 0 Å². The van der Waals surface area contributed by atoms with Gasteiger partial charge in [0.15, 0.2) is 0 Å². The predicted molar refractivity (Wildman–Crippen MR) is 84.3 cm³/mol. The molecule has 1 atom stereocenters. The highest BCUT2D eigenvalue weighted by Gasteiger charge is 2.16. The summed E-state index contributed by atoms with van der Waals surface area (Å²) in [4.78, 5) is 4.61. The minimum atomic E-state index is -0.562. The maximum Gasteiger partial charge on any atom is 0.109 e. The Morgan fingerprint density at radius 3 is 2.81 bits per heavy atom. The molecule has 2 aromatic heterocycles. The molecule has 3 aromatic rings. The Hall–Kier alpha value is -1.91. The highest BCUT2D eigenvalue weighted by atomic mass is 32.1. The zero-order valence-corrected chi connectivity index (χ0v) is 12.6. The number of aliphatic hydroxyl groups excluding tert-OH is 1. The first-order valence-electron chi connectivity index (χ1n) is 7.02. The van der Waals surface area contributed by atoms with Crippen LogP contribution in [0.5, 0.6) is 0 Å². The first-order valence-corrected chi connectivity index (χ1v) is 7.90. The minimum absolute atomic E-state index is 0.518. The van der Waals surface area contributed by atoms with Crippen LogP contribution in [0.2, 0.25) is 0 Å². The number of hydrogen-bond acceptors (Lipinski definition) is 4. The van der Waals surface area contributed by atoms with E-state index < -0.39 is 6.10 Å². The average molecular weight is 299 g/mol. The monoisotopic (exact) mass is 299 g/mol. The van der Waals surface area contributed by atoms with Crippen molar-refractivity contribution in [1.29, 1.82) is 0 Å². The van der Waals surface area contributed by atoms with Gasteiger partial charge in [0.2, 0.25) is 0 Å². The molecule has 0 aliphatic rings. The highest BCUT2D eigenvalue weighted by molar-refractivity contribution is 7.09. The van der Waals surface area contributed by atoms with Gasteiger partial charge < -0.3 is 9.52 Å². The lowest BCUT2D eigenvalue weighted by Gasteiger charge is -2.08. The van der Waals surface area contributed by atoms with E-state index in [-0.39, 0.29) is 0 Å². The molecule has 0 saturated carbocycles. The molecule has 1 aromatic carbocycles. The lowest BCUT2D eigenvalue weighted by atomic mass is 10.1. The van der Waals surface area contributed by atoms with Crippen LogP contribution in [0.4, 0.5) is 0 Å². The second-order valence-electron chi connectivity index (χ2n) is 4.87. The van der Waals surface area contributed by atoms with E-state index in [4.69, 9.17) is 4.42 Å². The van der Waals surface area contributed by atoms with E-state index in [1.165, 1.54) is 0 Å². The van der Waals surface area contributed by atoms with Crippen molar-refractivity contribution in [3.8, 4) is 11.3 Å². The summed E-state index contributed by atoms with van der Waals surface area (Å²) < 4.78 is 5.37. The molecule has 0 saturated heterocycles. The summed E-state index contributed by atoms with van der Waals surface area (Å²) in [5.74, 6) is 0.849. The maximum atomic E-state index is 10.4. The Balaban J connectivity index is 1.76. The van der Waals surface area contributed by atoms with E-state index in [1.807, 2.05) is 48.7 Å². The third kappa shape index (κ3) is 3.06. The molecule has 1 unspecified atom stereocenters. The van der Waals surface area contributed by atoms with Gasteiger partial charge in [-0.25, -0.2) is 4.98 Å². The van der Waals surface area contributed by atoms with Crippen LogP contribution in [0.25, 0.3) is 11.3 Å². The zero-order chi connectivity index (χ0) is 14.7. The second-order valence-corrected chi connectivity index (χ2v) is 5.81. The fourth-order valence-electron chi connectivity index (χ4n) is 2.36. The lowest BCUT2D eigenvalue weighted by molar-refractivity contribution is 0.176. The summed E-state index contributed by atoms with van der Waals surface area (Å²) >= 11 is 1.58. The number of furan rings is 1. The molecule has 0 bridgehead atoms. The van der Waals surface area contributed by atoms with Crippen molar-refractivity contribution in [2.45, 2.75) is 25.9 Å². The fourth-order valence-corrected chi connectivity index (χ4v) is 3.20. The molecule has 21 heavy (non-hydrogen) atoms. The zero-order valence-electron chi connectivity index (χ0n) is 11.8. The summed E-state index contributed by atoms with van der Waals surface area (Å²) in [5.41, 5.74) is 2.94. The molecule has 0 fully saturated rings. The number of hydrogen-bond donors (Lipinski definition) is 1. The predicted octanol–water partition coefficient (Wildman–Crippen LogP) is 4.24. The molecule has 0 aliphatic heterocycles. The van der Waals surface area contributed by atoms with Gasteiger partial charge in [-0.1, -0.05) is 37.3 Å². The van der Waals surface area contributed by atoms with Gasteiger partial charge in [0.05, 0.1) is 23.1 Å². The Bertz CT molecular complexity index is 702. The van der Waals surface area contributed by atoms with Crippen LogP contribution in [0.1, 0.15) is 29.4 Å². The SMILES string of the molecule is CCc1occc1C(O)Cc1nc(-c2ccccc2)cs1. The van der Waals surface area contributed by atoms with Gasteiger partial charge >= 0.3 is 0 Å². The molecule has 0 radical (unpaired) electrons. The van der Waals surface area contributed by atoms with Crippen LogP contribution >= 0.6 is 11.3 Å². The van der Waals surface area contributed by atoms with E-state index in [0.29, 0.717) is 6.42 Å². The molecule has 0 aliphatic carbocycles. The topological polar surface area (TPSA) is 46.3 Å². The molecule has 108 valence electrons. The van der Waals surface area contributed by atoms with Crippen molar-refractivity contribution in [1.82, 2.24) is 4.98 Å². The largest absolute Gasteiger partial charge is 0.469 e. The first kappa shape index (κ1) is 14.0. The van der Waals surface area contributed by atoms with Crippen LogP contribution in [-0.4, -0.2) is 10.1 Å². The standard InChI is InChI=1S/C17H17NO2S/c1-2-16-13(8-9-20-16)15(19)10-17-18-14(11-21-17)12-6-4-3-5-7-12/h3-9,11,15,19H,2,10H2,1H3. The van der Waals surface area contributed by atoms with Gasteiger partial charge in [-0.3, -0.25) is 0 Å². The van der Waals surface area contributed by atoms with Crippen molar-refractivity contribution < 1.29 is 9.52 Å². The number of aliphatic hydroxyl groups is 1. The molecule has 4 heteroatoms. The molecule has 0 amide bonds. The normalized spacial score (nSPS) is 12.5. The first-order chi connectivity index (χ1) is 10.3. The quantitative estimate of drug-likeness (QED) is 0.766. The Morgan fingerprint density at radius 2 is 2.05 bits per heavy atom. The van der Waals surface area contributed by atoms with E-state index in [9.17, 15) is 5.11 Å². The molecule has 2 heterocycles. The number of nitrogens with zero attached hydrogens (tertiary/aromatic N) is 1. The minimum Gasteiger partial charge on any atom is -0.469 e. The van der Waals surface area contributed by atoms with E-state index in [1.54, 1.807) is 17.6 Å². The lowest BCUT2D eigenvalue weighted by Crippen LogP contribution is -2.02. The van der Waals surface area contributed by atoms with E-state index in [0.717, 1.165) is 34.0 Å². The van der Waals surface area contributed by atoms with Crippen molar-refractivity contribution >= 4 is 11.3 Å². The molecule has 0 spiro atoms. The second kappa shape index (κ2) is 6.24. The maximum absolute atomic E-state index is 10.4. The van der Waals surface area contributed by atoms with Crippen LogP contribution < -0.4 is 0 Å². The van der Waals surface area contributed by atoms with Gasteiger partial charge in [-0.15, -0.1) is 11.3 Å². The number of thiazole rings is 1. The van der Waals surface area contributed by atoms with Crippen LogP contribution in [-0.2, 0) is 12.8 Å². The molecular formula is C17H17NO2S. The fraction of sp³-hybridized carbons (Fsp3) is 0.235. The Morgan fingerprint density at radius 1 is 1.24 bits per heavy atom. The van der Waals surface area contributed by atoms with Crippen molar-refractivity contribution in [2.75, 3.05) is 0 Å². The summed E-state index contributed by atoms with van der Waals surface area (Å²) in [6, 6.07) is 11.9. The van der Waals surface area contributed by atoms with Gasteiger partial charge in [0.1, 0.15) is 5.76 Å². The third-order valence-electron chi connectivity index (χ3n) is 3.45. The summed E-state index contributed by atoms with van der Waals surface area (Å²) in [5, 5.41) is 13.3. The molecule has 1 N–H and O–H groups in total. The average Bonchev–Trinajstić information content (AvgIpc) is 3.16.